The van der Waals surface area contributed by atoms with Crippen LogP contribution in [0.1, 0.15) is 26.7 Å². The van der Waals surface area contributed by atoms with Crippen LogP contribution in [0, 0.1) is 0 Å². The number of thiazole rings is 1. The Labute approximate surface area is 120 Å². The number of aromatic nitrogens is 1. The molecule has 1 aromatic heterocycles. The monoisotopic (exact) mass is 321 g/mol. The molecule has 0 aliphatic heterocycles. The maximum atomic E-state index is 12.0. The summed E-state index contributed by atoms with van der Waals surface area (Å²) in [4.78, 5) is 25.5. The van der Waals surface area contributed by atoms with Crippen molar-refractivity contribution in [1.82, 2.24) is 9.71 Å². The Hall–Kier alpha value is -1.52. The Morgan fingerprint density at radius 1 is 1.50 bits per heavy atom. The van der Waals surface area contributed by atoms with Crippen molar-refractivity contribution >= 4 is 38.4 Å². The van der Waals surface area contributed by atoms with Gasteiger partial charge in [0.05, 0.1) is 6.20 Å². The Morgan fingerprint density at radius 3 is 2.65 bits per heavy atom. The SMILES string of the molecule is CCCC(NS(=O)(=O)c1cnc(NC(C)=O)s1)C(=O)O. The lowest BCUT2D eigenvalue weighted by molar-refractivity contribution is -0.139. The van der Waals surface area contributed by atoms with Crippen LogP contribution in [0.5, 0.6) is 0 Å². The highest BCUT2D eigenvalue weighted by atomic mass is 32.2. The third-order valence-electron chi connectivity index (χ3n) is 2.21. The number of carbonyl (C=O) groups is 2. The zero-order valence-electron chi connectivity index (χ0n) is 10.9. The van der Waals surface area contributed by atoms with Crippen molar-refractivity contribution in [2.45, 2.75) is 36.9 Å². The smallest absolute Gasteiger partial charge is 0.321 e. The third kappa shape index (κ3) is 4.54. The fourth-order valence-corrected chi connectivity index (χ4v) is 3.68. The van der Waals surface area contributed by atoms with E-state index in [1.54, 1.807) is 6.92 Å². The highest BCUT2D eigenvalue weighted by molar-refractivity contribution is 7.91. The number of anilines is 1. The van der Waals surface area contributed by atoms with Gasteiger partial charge in [-0.1, -0.05) is 24.7 Å². The van der Waals surface area contributed by atoms with Gasteiger partial charge in [-0.2, -0.15) is 4.72 Å². The zero-order chi connectivity index (χ0) is 15.3. The van der Waals surface area contributed by atoms with E-state index in [1.165, 1.54) is 6.92 Å². The van der Waals surface area contributed by atoms with E-state index in [2.05, 4.69) is 15.0 Å². The summed E-state index contributed by atoms with van der Waals surface area (Å²) >= 11 is 0.753. The molecule has 0 radical (unpaired) electrons. The fraction of sp³-hybridized carbons (Fsp3) is 0.500. The van der Waals surface area contributed by atoms with E-state index in [1.807, 2.05) is 0 Å². The Kier molecular flexibility index (Phi) is 5.60. The Bertz CT molecular complexity index is 596. The van der Waals surface area contributed by atoms with Gasteiger partial charge in [0, 0.05) is 6.92 Å². The van der Waals surface area contributed by atoms with Crippen molar-refractivity contribution in [3.63, 3.8) is 0 Å². The number of sulfonamides is 1. The minimum absolute atomic E-state index is 0.139. The molecule has 0 aromatic carbocycles. The minimum atomic E-state index is -3.97. The van der Waals surface area contributed by atoms with Crippen LogP contribution in [0.3, 0.4) is 0 Å². The van der Waals surface area contributed by atoms with Crippen LogP contribution >= 0.6 is 11.3 Å². The van der Waals surface area contributed by atoms with Gasteiger partial charge < -0.3 is 10.4 Å². The van der Waals surface area contributed by atoms with Gasteiger partial charge in [0.15, 0.2) is 9.34 Å². The first kappa shape index (κ1) is 16.5. The van der Waals surface area contributed by atoms with Crippen molar-refractivity contribution in [2.24, 2.45) is 0 Å². The third-order valence-corrected chi connectivity index (χ3v) is 5.05. The molecular formula is C10H15N3O5S2. The van der Waals surface area contributed by atoms with Crippen molar-refractivity contribution in [1.29, 1.82) is 0 Å². The quantitative estimate of drug-likeness (QED) is 0.676. The molecule has 1 atom stereocenters. The average molecular weight is 321 g/mol. The molecule has 1 rings (SSSR count). The highest BCUT2D eigenvalue weighted by Gasteiger charge is 2.26. The van der Waals surface area contributed by atoms with Gasteiger partial charge in [0.25, 0.3) is 10.0 Å². The summed E-state index contributed by atoms with van der Waals surface area (Å²) in [6, 6.07) is -1.18. The molecule has 3 N–H and O–H groups in total. The number of rotatable bonds is 7. The van der Waals surface area contributed by atoms with Crippen LogP contribution < -0.4 is 10.0 Å². The maximum Gasteiger partial charge on any atom is 0.321 e. The molecular weight excluding hydrogens is 306 g/mol. The second kappa shape index (κ2) is 6.77. The number of aliphatic carboxylic acids is 1. The van der Waals surface area contributed by atoms with E-state index in [4.69, 9.17) is 5.11 Å². The summed E-state index contributed by atoms with van der Waals surface area (Å²) < 4.78 is 26.0. The molecule has 0 aliphatic rings. The van der Waals surface area contributed by atoms with E-state index in [9.17, 15) is 18.0 Å². The zero-order valence-corrected chi connectivity index (χ0v) is 12.5. The molecule has 112 valence electrons. The van der Waals surface area contributed by atoms with Crippen LogP contribution in [-0.2, 0) is 19.6 Å². The van der Waals surface area contributed by atoms with Gasteiger partial charge >= 0.3 is 5.97 Å². The summed E-state index contributed by atoms with van der Waals surface area (Å²) in [6.45, 7) is 3.03. The van der Waals surface area contributed by atoms with Crippen molar-refractivity contribution in [3.05, 3.63) is 6.20 Å². The molecule has 10 heteroatoms. The molecule has 0 saturated carbocycles. The highest BCUT2D eigenvalue weighted by Crippen LogP contribution is 2.23. The van der Waals surface area contributed by atoms with Gasteiger partial charge in [0.1, 0.15) is 6.04 Å². The first-order chi connectivity index (χ1) is 9.26. The van der Waals surface area contributed by atoms with Crippen LogP contribution in [0.2, 0.25) is 0 Å². The maximum absolute atomic E-state index is 12.0. The van der Waals surface area contributed by atoms with Crippen LogP contribution in [0.15, 0.2) is 10.4 Å². The van der Waals surface area contributed by atoms with Crippen molar-refractivity contribution < 1.29 is 23.1 Å². The Morgan fingerprint density at radius 2 is 2.15 bits per heavy atom. The first-order valence-corrected chi connectivity index (χ1v) is 8.04. The number of nitrogens with one attached hydrogen (secondary N) is 2. The second-order valence-corrected chi connectivity index (χ2v) is 6.94. The van der Waals surface area contributed by atoms with Crippen LogP contribution in [-0.4, -0.2) is 36.4 Å². The topological polar surface area (TPSA) is 125 Å². The molecule has 1 heterocycles. The average Bonchev–Trinajstić information content (AvgIpc) is 2.76. The normalized spacial score (nSPS) is 12.9. The van der Waals surface area contributed by atoms with E-state index in [0.717, 1.165) is 17.5 Å². The van der Waals surface area contributed by atoms with E-state index >= 15 is 0 Å². The predicted octanol–water partition coefficient (Wildman–Crippen LogP) is 0.633. The summed E-state index contributed by atoms with van der Waals surface area (Å²) in [7, 11) is -3.97. The van der Waals surface area contributed by atoms with E-state index in [0.29, 0.717) is 6.42 Å². The van der Waals surface area contributed by atoms with E-state index < -0.39 is 22.0 Å². The standard InChI is InChI=1S/C10H15N3O5S2/c1-3-4-7(9(15)16)13-20(17,18)8-5-11-10(19-8)12-6(2)14/h5,7,13H,3-4H2,1-2H3,(H,15,16)(H,11,12,14). The minimum Gasteiger partial charge on any atom is -0.480 e. The van der Waals surface area contributed by atoms with Crippen LogP contribution in [0.4, 0.5) is 5.13 Å². The summed E-state index contributed by atoms with van der Waals surface area (Å²) in [5, 5.41) is 11.4. The number of hydrogen-bond acceptors (Lipinski definition) is 6. The summed E-state index contributed by atoms with van der Waals surface area (Å²) in [5.41, 5.74) is 0. The second-order valence-electron chi connectivity index (χ2n) is 3.97. The van der Waals surface area contributed by atoms with Crippen molar-refractivity contribution in [3.8, 4) is 0 Å². The largest absolute Gasteiger partial charge is 0.480 e. The number of nitrogens with zero attached hydrogens (tertiary/aromatic N) is 1. The van der Waals surface area contributed by atoms with Gasteiger partial charge in [-0.15, -0.1) is 0 Å². The number of amides is 1. The molecule has 1 amide bonds. The number of carboxylic acids is 1. The molecule has 0 saturated heterocycles. The molecule has 0 fully saturated rings. The van der Waals surface area contributed by atoms with Gasteiger partial charge in [-0.25, -0.2) is 13.4 Å². The Balaban J connectivity index is 2.90. The van der Waals surface area contributed by atoms with Gasteiger partial charge in [-0.3, -0.25) is 9.59 Å². The number of hydrogen-bond donors (Lipinski definition) is 3. The predicted molar refractivity (Wildman–Crippen MR) is 73.1 cm³/mol. The lowest BCUT2D eigenvalue weighted by atomic mass is 10.2. The van der Waals surface area contributed by atoms with Gasteiger partial charge in [-0.05, 0) is 6.42 Å². The first-order valence-electron chi connectivity index (χ1n) is 5.74. The molecule has 8 nitrogen and oxygen atoms in total. The molecule has 0 spiro atoms. The molecule has 0 bridgehead atoms. The summed E-state index contributed by atoms with van der Waals surface area (Å²) in [5.74, 6) is -1.60. The summed E-state index contributed by atoms with van der Waals surface area (Å²) in [6.07, 6.45) is 1.79. The molecule has 20 heavy (non-hydrogen) atoms. The van der Waals surface area contributed by atoms with Crippen LogP contribution in [0.25, 0.3) is 0 Å². The number of carboxylic acid groups (broad SMARTS) is 1. The lowest BCUT2D eigenvalue weighted by Crippen LogP contribution is -2.40. The molecule has 1 aromatic rings. The lowest BCUT2D eigenvalue weighted by Gasteiger charge is -2.12. The molecule has 0 aliphatic carbocycles. The molecule has 1 unspecified atom stereocenters. The number of carbonyl (C=O) groups excluding carboxylic acids is 1. The fourth-order valence-electron chi connectivity index (χ4n) is 1.36. The van der Waals surface area contributed by atoms with E-state index in [-0.39, 0.29) is 21.7 Å². The van der Waals surface area contributed by atoms with Gasteiger partial charge in [0.2, 0.25) is 5.91 Å². The van der Waals surface area contributed by atoms with Crippen molar-refractivity contribution in [2.75, 3.05) is 5.32 Å².